The number of hydrogen-bond donors (Lipinski definition) is 1. The normalized spacial score (nSPS) is 15.4. The Morgan fingerprint density at radius 2 is 1.58 bits per heavy atom. The fourth-order valence-electron chi connectivity index (χ4n) is 3.82. The van der Waals surface area contributed by atoms with Crippen molar-refractivity contribution in [1.82, 2.24) is 15.1 Å². The van der Waals surface area contributed by atoms with Crippen molar-refractivity contribution in [3.8, 4) is 0 Å². The lowest BCUT2D eigenvalue weighted by Crippen LogP contribution is -2.42. The molecule has 0 spiro atoms. The van der Waals surface area contributed by atoms with E-state index in [1.807, 2.05) is 29.2 Å². The van der Waals surface area contributed by atoms with E-state index in [2.05, 4.69) is 62.2 Å². The maximum absolute atomic E-state index is 12.7. The van der Waals surface area contributed by atoms with Crippen molar-refractivity contribution in [2.75, 3.05) is 32.7 Å². The summed E-state index contributed by atoms with van der Waals surface area (Å²) in [5, 5.41) is 2.79. The summed E-state index contributed by atoms with van der Waals surface area (Å²) in [6, 6.07) is 16.2. The van der Waals surface area contributed by atoms with Crippen molar-refractivity contribution >= 4 is 11.8 Å². The molecular weight excluding hydrogens is 386 g/mol. The summed E-state index contributed by atoms with van der Waals surface area (Å²) < 4.78 is 0. The molecule has 0 unspecified atom stereocenters. The van der Waals surface area contributed by atoms with Crippen LogP contribution in [-0.4, -0.2) is 54.3 Å². The number of nitrogens with zero attached hydrogens (tertiary/aromatic N) is 2. The van der Waals surface area contributed by atoms with Gasteiger partial charge in [0.05, 0.1) is 6.54 Å². The number of amides is 2. The van der Waals surface area contributed by atoms with E-state index in [4.69, 9.17) is 0 Å². The summed E-state index contributed by atoms with van der Waals surface area (Å²) >= 11 is 0. The van der Waals surface area contributed by atoms with Crippen LogP contribution in [0.3, 0.4) is 0 Å². The minimum absolute atomic E-state index is 0.0168. The van der Waals surface area contributed by atoms with Crippen LogP contribution in [0.1, 0.15) is 54.2 Å². The average molecular weight is 422 g/mol. The van der Waals surface area contributed by atoms with Gasteiger partial charge in [-0.05, 0) is 42.0 Å². The largest absolute Gasteiger partial charge is 0.343 e. The molecule has 2 aromatic carbocycles. The third kappa shape index (κ3) is 6.66. The van der Waals surface area contributed by atoms with Crippen LogP contribution in [0.2, 0.25) is 0 Å². The lowest BCUT2D eigenvalue weighted by atomic mass is 9.87. The molecule has 1 aliphatic heterocycles. The number of rotatable bonds is 5. The predicted molar refractivity (Wildman–Crippen MR) is 125 cm³/mol. The Kier molecular flexibility index (Phi) is 7.50. The second-order valence-electron chi connectivity index (χ2n) is 9.51. The SMILES string of the molecule is Cc1ccc(CN2CCCN(C(=O)CNC(=O)c3ccc(C(C)(C)C)cc3)CC2)cc1. The Bertz CT molecular complexity index is 882. The molecule has 5 heteroatoms. The summed E-state index contributed by atoms with van der Waals surface area (Å²) in [7, 11) is 0. The van der Waals surface area contributed by atoms with E-state index in [0.29, 0.717) is 12.1 Å². The minimum Gasteiger partial charge on any atom is -0.343 e. The first-order valence-corrected chi connectivity index (χ1v) is 11.2. The Balaban J connectivity index is 1.47. The van der Waals surface area contributed by atoms with E-state index in [1.165, 1.54) is 16.7 Å². The average Bonchev–Trinajstić information content (AvgIpc) is 2.98. The van der Waals surface area contributed by atoms with Gasteiger partial charge in [-0.1, -0.05) is 62.7 Å². The van der Waals surface area contributed by atoms with Gasteiger partial charge in [-0.15, -0.1) is 0 Å². The van der Waals surface area contributed by atoms with Crippen molar-refractivity contribution in [2.45, 2.75) is 46.1 Å². The highest BCUT2D eigenvalue weighted by Crippen LogP contribution is 2.22. The summed E-state index contributed by atoms with van der Waals surface area (Å²) in [5.74, 6) is -0.221. The van der Waals surface area contributed by atoms with Gasteiger partial charge in [0.25, 0.3) is 5.91 Å². The number of carbonyl (C=O) groups excluding carboxylic acids is 2. The van der Waals surface area contributed by atoms with Gasteiger partial charge in [-0.25, -0.2) is 0 Å². The van der Waals surface area contributed by atoms with E-state index in [9.17, 15) is 9.59 Å². The van der Waals surface area contributed by atoms with Crippen LogP contribution in [0.25, 0.3) is 0 Å². The molecule has 0 saturated carbocycles. The Labute approximate surface area is 186 Å². The monoisotopic (exact) mass is 421 g/mol. The van der Waals surface area contributed by atoms with Gasteiger partial charge < -0.3 is 10.2 Å². The highest BCUT2D eigenvalue weighted by atomic mass is 16.2. The van der Waals surface area contributed by atoms with Crippen LogP contribution in [0.15, 0.2) is 48.5 Å². The molecule has 0 aliphatic carbocycles. The van der Waals surface area contributed by atoms with Crippen LogP contribution < -0.4 is 5.32 Å². The Morgan fingerprint density at radius 1 is 0.903 bits per heavy atom. The van der Waals surface area contributed by atoms with Crippen LogP contribution >= 0.6 is 0 Å². The second-order valence-corrected chi connectivity index (χ2v) is 9.51. The first kappa shape index (κ1) is 23.0. The maximum atomic E-state index is 12.7. The molecule has 0 atom stereocenters. The van der Waals surface area contributed by atoms with Crippen LogP contribution in [0.5, 0.6) is 0 Å². The number of hydrogen-bond acceptors (Lipinski definition) is 3. The quantitative estimate of drug-likeness (QED) is 0.800. The lowest BCUT2D eigenvalue weighted by molar-refractivity contribution is -0.130. The number of benzene rings is 2. The third-order valence-electron chi connectivity index (χ3n) is 5.88. The molecule has 1 fully saturated rings. The first-order chi connectivity index (χ1) is 14.7. The van der Waals surface area contributed by atoms with Crippen molar-refractivity contribution in [3.05, 3.63) is 70.8 Å². The summed E-state index contributed by atoms with van der Waals surface area (Å²) in [6.07, 6.45) is 0.944. The van der Waals surface area contributed by atoms with Crippen molar-refractivity contribution in [1.29, 1.82) is 0 Å². The highest BCUT2D eigenvalue weighted by Gasteiger charge is 2.20. The zero-order valence-corrected chi connectivity index (χ0v) is 19.3. The predicted octanol–water partition coefficient (Wildman–Crippen LogP) is 3.76. The molecule has 2 aromatic rings. The fraction of sp³-hybridized carbons (Fsp3) is 0.462. The topological polar surface area (TPSA) is 52.6 Å². The van der Waals surface area contributed by atoms with Crippen molar-refractivity contribution < 1.29 is 9.59 Å². The van der Waals surface area contributed by atoms with E-state index in [0.717, 1.165) is 32.6 Å². The molecule has 0 aromatic heterocycles. The van der Waals surface area contributed by atoms with Gasteiger partial charge in [0.15, 0.2) is 0 Å². The highest BCUT2D eigenvalue weighted by molar-refractivity contribution is 5.96. The second kappa shape index (κ2) is 10.1. The zero-order chi connectivity index (χ0) is 22.4. The van der Waals surface area contributed by atoms with Crippen molar-refractivity contribution in [3.63, 3.8) is 0 Å². The smallest absolute Gasteiger partial charge is 0.251 e. The fourth-order valence-corrected chi connectivity index (χ4v) is 3.82. The molecular formula is C26H35N3O2. The van der Waals surface area contributed by atoms with E-state index >= 15 is 0 Å². The standard InChI is InChI=1S/C26H35N3O2/c1-20-6-8-21(9-7-20)19-28-14-5-15-29(17-16-28)24(30)18-27-25(31)22-10-12-23(13-11-22)26(2,3)4/h6-13H,5,14-19H2,1-4H3,(H,27,31). The molecule has 1 heterocycles. The first-order valence-electron chi connectivity index (χ1n) is 11.2. The van der Waals surface area contributed by atoms with Crippen LogP contribution in [0, 0.1) is 6.92 Å². The molecule has 0 bridgehead atoms. The molecule has 2 amide bonds. The minimum atomic E-state index is -0.204. The molecule has 1 aliphatic rings. The molecule has 1 N–H and O–H groups in total. The van der Waals surface area contributed by atoms with Gasteiger partial charge in [0, 0.05) is 38.3 Å². The van der Waals surface area contributed by atoms with Gasteiger partial charge in [0.1, 0.15) is 0 Å². The molecule has 0 radical (unpaired) electrons. The Morgan fingerprint density at radius 3 is 2.23 bits per heavy atom. The zero-order valence-electron chi connectivity index (χ0n) is 19.3. The molecule has 3 rings (SSSR count). The Hall–Kier alpha value is -2.66. The van der Waals surface area contributed by atoms with E-state index in [1.54, 1.807) is 0 Å². The maximum Gasteiger partial charge on any atom is 0.251 e. The molecule has 5 nitrogen and oxygen atoms in total. The van der Waals surface area contributed by atoms with Gasteiger partial charge in [0.2, 0.25) is 5.91 Å². The summed E-state index contributed by atoms with van der Waals surface area (Å²) in [4.78, 5) is 29.4. The number of carbonyl (C=O) groups is 2. The third-order valence-corrected chi connectivity index (χ3v) is 5.88. The molecule has 166 valence electrons. The summed E-state index contributed by atoms with van der Waals surface area (Å²) in [5.41, 5.74) is 4.38. The van der Waals surface area contributed by atoms with E-state index < -0.39 is 0 Å². The van der Waals surface area contributed by atoms with Gasteiger partial charge in [-0.2, -0.15) is 0 Å². The van der Waals surface area contributed by atoms with Crippen molar-refractivity contribution in [2.24, 2.45) is 0 Å². The molecule has 1 saturated heterocycles. The van der Waals surface area contributed by atoms with E-state index in [-0.39, 0.29) is 23.8 Å². The summed E-state index contributed by atoms with van der Waals surface area (Å²) in [6.45, 7) is 12.7. The lowest BCUT2D eigenvalue weighted by Gasteiger charge is -2.22. The van der Waals surface area contributed by atoms with Crippen LogP contribution in [-0.2, 0) is 16.8 Å². The molecule has 31 heavy (non-hydrogen) atoms. The van der Waals surface area contributed by atoms with Gasteiger partial charge >= 0.3 is 0 Å². The number of nitrogens with one attached hydrogen (secondary N) is 1. The van der Waals surface area contributed by atoms with Crippen LogP contribution in [0.4, 0.5) is 0 Å². The van der Waals surface area contributed by atoms with Gasteiger partial charge in [-0.3, -0.25) is 14.5 Å². The number of aryl methyl sites for hydroxylation is 1.